The van der Waals surface area contributed by atoms with E-state index in [1.807, 2.05) is 6.07 Å². The van der Waals surface area contributed by atoms with E-state index in [9.17, 15) is 4.39 Å². The molecule has 0 saturated carbocycles. The SMILES string of the molecule is CCCc1ccc(CC(C)CC)c(F)c1. The largest absolute Gasteiger partial charge is 0.207 e. The molecule has 1 atom stereocenters. The molecule has 0 N–H and O–H groups in total. The summed E-state index contributed by atoms with van der Waals surface area (Å²) >= 11 is 0. The van der Waals surface area contributed by atoms with Gasteiger partial charge in [-0.05, 0) is 36.0 Å². The highest BCUT2D eigenvalue weighted by Crippen LogP contribution is 2.17. The van der Waals surface area contributed by atoms with Gasteiger partial charge in [0, 0.05) is 0 Å². The molecule has 1 rings (SSSR count). The van der Waals surface area contributed by atoms with Gasteiger partial charge in [0.05, 0.1) is 0 Å². The van der Waals surface area contributed by atoms with Crippen LogP contribution in [0.4, 0.5) is 4.39 Å². The third kappa shape index (κ3) is 3.65. The molecule has 1 unspecified atom stereocenters. The van der Waals surface area contributed by atoms with Crippen molar-refractivity contribution in [1.29, 1.82) is 0 Å². The molecule has 0 nitrogen and oxygen atoms in total. The summed E-state index contributed by atoms with van der Waals surface area (Å²) < 4.78 is 13.7. The van der Waals surface area contributed by atoms with Crippen molar-refractivity contribution in [1.82, 2.24) is 0 Å². The van der Waals surface area contributed by atoms with E-state index in [2.05, 4.69) is 26.8 Å². The van der Waals surface area contributed by atoms with Crippen molar-refractivity contribution in [3.63, 3.8) is 0 Å². The minimum atomic E-state index is -0.0266. The maximum atomic E-state index is 13.7. The Morgan fingerprint density at radius 1 is 1.27 bits per heavy atom. The third-order valence-corrected chi connectivity index (χ3v) is 2.92. The van der Waals surface area contributed by atoms with Crippen molar-refractivity contribution in [2.75, 3.05) is 0 Å². The summed E-state index contributed by atoms with van der Waals surface area (Å²) in [6.07, 6.45) is 4.01. The Kier molecular flexibility index (Phi) is 4.80. The van der Waals surface area contributed by atoms with Gasteiger partial charge in [-0.15, -0.1) is 0 Å². The predicted octanol–water partition coefficient (Wildman–Crippen LogP) is 4.37. The van der Waals surface area contributed by atoms with Gasteiger partial charge < -0.3 is 0 Å². The van der Waals surface area contributed by atoms with E-state index in [1.165, 1.54) is 0 Å². The van der Waals surface area contributed by atoms with Crippen molar-refractivity contribution in [3.05, 3.63) is 35.1 Å². The van der Waals surface area contributed by atoms with Crippen LogP contribution in [0.2, 0.25) is 0 Å². The van der Waals surface area contributed by atoms with Crippen LogP contribution in [0.3, 0.4) is 0 Å². The molecule has 1 heteroatoms. The maximum Gasteiger partial charge on any atom is 0.126 e. The zero-order valence-corrected chi connectivity index (χ0v) is 10.0. The predicted molar refractivity (Wildman–Crippen MR) is 63.6 cm³/mol. The van der Waals surface area contributed by atoms with Crippen molar-refractivity contribution in [2.24, 2.45) is 5.92 Å². The van der Waals surface area contributed by atoms with Gasteiger partial charge in [0.15, 0.2) is 0 Å². The topological polar surface area (TPSA) is 0 Å². The lowest BCUT2D eigenvalue weighted by atomic mass is 9.97. The van der Waals surface area contributed by atoms with Crippen molar-refractivity contribution >= 4 is 0 Å². The Morgan fingerprint density at radius 3 is 2.53 bits per heavy atom. The van der Waals surface area contributed by atoms with E-state index in [-0.39, 0.29) is 5.82 Å². The first-order chi connectivity index (χ1) is 7.17. The first kappa shape index (κ1) is 12.2. The third-order valence-electron chi connectivity index (χ3n) is 2.92. The van der Waals surface area contributed by atoms with Gasteiger partial charge in [-0.2, -0.15) is 0 Å². The molecular weight excluding hydrogens is 187 g/mol. The van der Waals surface area contributed by atoms with Crippen LogP contribution in [0.25, 0.3) is 0 Å². The Bertz CT molecular complexity index is 304. The molecule has 1 aromatic rings. The fourth-order valence-electron chi connectivity index (χ4n) is 1.72. The number of hydrogen-bond donors (Lipinski definition) is 0. The summed E-state index contributed by atoms with van der Waals surface area (Å²) in [6.45, 7) is 6.43. The first-order valence-corrected chi connectivity index (χ1v) is 5.94. The molecule has 1 aromatic carbocycles. The quantitative estimate of drug-likeness (QED) is 0.674. The highest BCUT2D eigenvalue weighted by atomic mass is 19.1. The molecule has 0 aliphatic carbocycles. The summed E-state index contributed by atoms with van der Waals surface area (Å²) in [6, 6.07) is 5.71. The normalized spacial score (nSPS) is 12.8. The summed E-state index contributed by atoms with van der Waals surface area (Å²) in [5.74, 6) is 0.540. The fraction of sp³-hybridized carbons (Fsp3) is 0.571. The van der Waals surface area contributed by atoms with Gasteiger partial charge >= 0.3 is 0 Å². The lowest BCUT2D eigenvalue weighted by Gasteiger charge is -2.10. The van der Waals surface area contributed by atoms with Crippen LogP contribution in [0, 0.1) is 11.7 Å². The molecule has 0 heterocycles. The van der Waals surface area contributed by atoms with Gasteiger partial charge in [0.1, 0.15) is 5.82 Å². The molecule has 15 heavy (non-hydrogen) atoms. The molecule has 84 valence electrons. The molecule has 0 aliphatic rings. The molecule has 0 spiro atoms. The number of rotatable bonds is 5. The zero-order chi connectivity index (χ0) is 11.3. The van der Waals surface area contributed by atoms with Gasteiger partial charge in [-0.3, -0.25) is 0 Å². The van der Waals surface area contributed by atoms with E-state index >= 15 is 0 Å². The molecule has 0 bridgehead atoms. The smallest absolute Gasteiger partial charge is 0.126 e. The van der Waals surface area contributed by atoms with Crippen LogP contribution in [-0.4, -0.2) is 0 Å². The minimum Gasteiger partial charge on any atom is -0.207 e. The highest BCUT2D eigenvalue weighted by Gasteiger charge is 2.07. The maximum absolute atomic E-state index is 13.7. The second-order valence-electron chi connectivity index (χ2n) is 4.39. The Hall–Kier alpha value is -0.850. The summed E-state index contributed by atoms with van der Waals surface area (Å²) in [5.41, 5.74) is 1.98. The van der Waals surface area contributed by atoms with Gasteiger partial charge in [0.2, 0.25) is 0 Å². The Labute approximate surface area is 92.5 Å². The first-order valence-electron chi connectivity index (χ1n) is 5.94. The number of benzene rings is 1. The molecule has 0 fully saturated rings. The van der Waals surface area contributed by atoms with Gasteiger partial charge in [0.25, 0.3) is 0 Å². The van der Waals surface area contributed by atoms with Gasteiger partial charge in [-0.1, -0.05) is 45.7 Å². The minimum absolute atomic E-state index is 0.0266. The number of aryl methyl sites for hydroxylation is 1. The van der Waals surface area contributed by atoms with Gasteiger partial charge in [-0.25, -0.2) is 4.39 Å². The van der Waals surface area contributed by atoms with E-state index in [0.717, 1.165) is 36.8 Å². The van der Waals surface area contributed by atoms with Crippen LogP contribution in [0.15, 0.2) is 18.2 Å². The average molecular weight is 208 g/mol. The van der Waals surface area contributed by atoms with E-state index in [1.54, 1.807) is 6.07 Å². The van der Waals surface area contributed by atoms with E-state index in [0.29, 0.717) is 5.92 Å². The Morgan fingerprint density at radius 2 is 2.00 bits per heavy atom. The van der Waals surface area contributed by atoms with Crippen molar-refractivity contribution in [3.8, 4) is 0 Å². The van der Waals surface area contributed by atoms with Crippen LogP contribution < -0.4 is 0 Å². The number of halogens is 1. The standard InChI is InChI=1S/C14H21F/c1-4-6-12-7-8-13(14(15)10-12)9-11(3)5-2/h7-8,10-11H,4-6,9H2,1-3H3. The molecule has 0 amide bonds. The summed E-state index contributed by atoms with van der Waals surface area (Å²) in [5, 5.41) is 0. The van der Waals surface area contributed by atoms with Crippen LogP contribution >= 0.6 is 0 Å². The highest BCUT2D eigenvalue weighted by molar-refractivity contribution is 5.24. The average Bonchev–Trinajstić information content (AvgIpc) is 2.22. The van der Waals surface area contributed by atoms with Crippen molar-refractivity contribution < 1.29 is 4.39 Å². The number of hydrogen-bond acceptors (Lipinski definition) is 0. The second kappa shape index (κ2) is 5.89. The zero-order valence-electron chi connectivity index (χ0n) is 10.0. The fourth-order valence-corrected chi connectivity index (χ4v) is 1.72. The lowest BCUT2D eigenvalue weighted by molar-refractivity contribution is 0.530. The Balaban J connectivity index is 2.74. The molecular formula is C14H21F. The molecule has 0 radical (unpaired) electrons. The lowest BCUT2D eigenvalue weighted by Crippen LogP contribution is -2.01. The van der Waals surface area contributed by atoms with E-state index < -0.39 is 0 Å². The molecule has 0 aromatic heterocycles. The molecule has 0 saturated heterocycles. The van der Waals surface area contributed by atoms with Crippen molar-refractivity contribution in [2.45, 2.75) is 46.5 Å². The van der Waals surface area contributed by atoms with Crippen LogP contribution in [-0.2, 0) is 12.8 Å². The van der Waals surface area contributed by atoms with E-state index in [4.69, 9.17) is 0 Å². The summed E-state index contributed by atoms with van der Waals surface area (Å²) in [4.78, 5) is 0. The summed E-state index contributed by atoms with van der Waals surface area (Å²) in [7, 11) is 0. The second-order valence-corrected chi connectivity index (χ2v) is 4.39. The monoisotopic (exact) mass is 208 g/mol. The van der Waals surface area contributed by atoms with Crippen LogP contribution in [0.5, 0.6) is 0 Å². The molecule has 0 aliphatic heterocycles. The van der Waals surface area contributed by atoms with Crippen LogP contribution in [0.1, 0.15) is 44.7 Å².